The number of benzene rings is 1. The number of anilines is 1. The summed E-state index contributed by atoms with van der Waals surface area (Å²) in [5.41, 5.74) is 0.826. The molecule has 0 atom stereocenters. The first-order valence-electron chi connectivity index (χ1n) is 7.70. The van der Waals surface area contributed by atoms with Gasteiger partial charge in [0.2, 0.25) is 5.91 Å². The summed E-state index contributed by atoms with van der Waals surface area (Å²) >= 11 is 0. The van der Waals surface area contributed by atoms with Crippen molar-refractivity contribution in [3.05, 3.63) is 24.3 Å². The quantitative estimate of drug-likeness (QED) is 0.854. The van der Waals surface area contributed by atoms with Crippen LogP contribution in [0.3, 0.4) is 0 Å². The third-order valence-electron chi connectivity index (χ3n) is 4.34. The molecule has 0 saturated carbocycles. The first-order chi connectivity index (χ1) is 10.7. The highest BCUT2D eigenvalue weighted by atomic mass is 16.5. The second-order valence-corrected chi connectivity index (χ2v) is 5.63. The van der Waals surface area contributed by atoms with Crippen LogP contribution in [0.1, 0.15) is 12.8 Å². The van der Waals surface area contributed by atoms with Gasteiger partial charge in [-0.05, 0) is 25.0 Å². The van der Waals surface area contributed by atoms with Crippen LogP contribution in [0.4, 0.5) is 10.5 Å². The molecule has 0 spiro atoms. The SMILES string of the molecule is CNC(=O)C1CCN(C(=O)N2CCOc3ccccc32)CC1. The molecule has 118 valence electrons. The molecule has 2 aliphatic rings. The van der Waals surface area contributed by atoms with E-state index in [1.54, 1.807) is 11.9 Å². The highest BCUT2D eigenvalue weighted by Crippen LogP contribution is 2.32. The lowest BCUT2D eigenvalue weighted by atomic mass is 9.96. The van der Waals surface area contributed by atoms with E-state index in [2.05, 4.69) is 5.32 Å². The predicted molar refractivity (Wildman–Crippen MR) is 83.0 cm³/mol. The number of hydrogen-bond donors (Lipinski definition) is 1. The van der Waals surface area contributed by atoms with Gasteiger partial charge < -0.3 is 15.0 Å². The van der Waals surface area contributed by atoms with E-state index in [0.717, 1.165) is 24.3 Å². The Morgan fingerprint density at radius 1 is 1.18 bits per heavy atom. The summed E-state index contributed by atoms with van der Waals surface area (Å²) in [7, 11) is 1.66. The van der Waals surface area contributed by atoms with Gasteiger partial charge in [0.1, 0.15) is 12.4 Å². The van der Waals surface area contributed by atoms with Gasteiger partial charge in [0.25, 0.3) is 0 Å². The van der Waals surface area contributed by atoms with Crippen LogP contribution in [0.5, 0.6) is 5.75 Å². The fourth-order valence-corrected chi connectivity index (χ4v) is 3.08. The molecule has 2 aliphatic heterocycles. The summed E-state index contributed by atoms with van der Waals surface area (Å²) in [5.74, 6) is 0.845. The molecule has 3 amide bonds. The topological polar surface area (TPSA) is 61.9 Å². The zero-order valence-electron chi connectivity index (χ0n) is 12.7. The zero-order valence-corrected chi connectivity index (χ0v) is 12.7. The molecule has 3 rings (SSSR count). The Morgan fingerprint density at radius 3 is 2.64 bits per heavy atom. The van der Waals surface area contributed by atoms with Crippen LogP contribution in [-0.4, -0.2) is 50.1 Å². The third kappa shape index (κ3) is 2.73. The van der Waals surface area contributed by atoms with E-state index in [1.165, 1.54) is 0 Å². The maximum Gasteiger partial charge on any atom is 0.324 e. The van der Waals surface area contributed by atoms with Gasteiger partial charge in [0.05, 0.1) is 12.2 Å². The lowest BCUT2D eigenvalue weighted by molar-refractivity contribution is -0.125. The Morgan fingerprint density at radius 2 is 1.91 bits per heavy atom. The highest BCUT2D eigenvalue weighted by molar-refractivity contribution is 5.94. The number of fused-ring (bicyclic) bond motifs is 1. The van der Waals surface area contributed by atoms with Crippen LogP contribution in [0.15, 0.2) is 24.3 Å². The standard InChI is InChI=1S/C16H21N3O3/c1-17-15(20)12-6-8-18(9-7-12)16(21)19-10-11-22-14-5-3-2-4-13(14)19/h2-5,12H,6-11H2,1H3,(H,17,20). The van der Waals surface area contributed by atoms with Crippen molar-refractivity contribution in [3.8, 4) is 5.75 Å². The number of nitrogens with one attached hydrogen (secondary N) is 1. The number of likely N-dealkylation sites (tertiary alicyclic amines) is 1. The van der Waals surface area contributed by atoms with Gasteiger partial charge in [-0.2, -0.15) is 0 Å². The van der Waals surface area contributed by atoms with Crippen molar-refractivity contribution in [2.45, 2.75) is 12.8 Å². The second kappa shape index (κ2) is 6.25. The van der Waals surface area contributed by atoms with Crippen LogP contribution in [0.2, 0.25) is 0 Å². The van der Waals surface area contributed by atoms with Gasteiger partial charge in [-0.3, -0.25) is 9.69 Å². The van der Waals surface area contributed by atoms with E-state index < -0.39 is 0 Å². The summed E-state index contributed by atoms with van der Waals surface area (Å²) in [6, 6.07) is 7.61. The minimum atomic E-state index is 0.00565. The van der Waals surface area contributed by atoms with Crippen LogP contribution >= 0.6 is 0 Å². The van der Waals surface area contributed by atoms with E-state index in [9.17, 15) is 9.59 Å². The highest BCUT2D eigenvalue weighted by Gasteiger charge is 2.31. The van der Waals surface area contributed by atoms with Crippen molar-refractivity contribution in [2.24, 2.45) is 5.92 Å². The lowest BCUT2D eigenvalue weighted by Crippen LogP contribution is -2.50. The summed E-state index contributed by atoms with van der Waals surface area (Å²) < 4.78 is 5.59. The zero-order chi connectivity index (χ0) is 15.5. The van der Waals surface area contributed by atoms with Crippen molar-refractivity contribution in [1.29, 1.82) is 0 Å². The molecular formula is C16H21N3O3. The van der Waals surface area contributed by atoms with Crippen molar-refractivity contribution in [2.75, 3.05) is 38.2 Å². The molecule has 6 nitrogen and oxygen atoms in total. The number of ether oxygens (including phenoxy) is 1. The normalized spacial score (nSPS) is 18.4. The van der Waals surface area contributed by atoms with Gasteiger partial charge in [0.15, 0.2) is 0 Å². The number of piperidine rings is 1. The Bertz CT molecular complexity index is 568. The van der Waals surface area contributed by atoms with Crippen LogP contribution in [-0.2, 0) is 4.79 Å². The average Bonchev–Trinajstić information content (AvgIpc) is 2.60. The van der Waals surface area contributed by atoms with Crippen molar-refractivity contribution in [3.63, 3.8) is 0 Å². The van der Waals surface area contributed by atoms with E-state index in [1.807, 2.05) is 29.2 Å². The van der Waals surface area contributed by atoms with Gasteiger partial charge in [0, 0.05) is 26.1 Å². The number of nitrogens with zero attached hydrogens (tertiary/aromatic N) is 2. The van der Waals surface area contributed by atoms with Crippen molar-refractivity contribution < 1.29 is 14.3 Å². The molecule has 1 saturated heterocycles. The third-order valence-corrected chi connectivity index (χ3v) is 4.34. The predicted octanol–water partition coefficient (Wildman–Crippen LogP) is 1.46. The first-order valence-corrected chi connectivity index (χ1v) is 7.70. The van der Waals surface area contributed by atoms with Gasteiger partial charge in [-0.15, -0.1) is 0 Å². The van der Waals surface area contributed by atoms with Gasteiger partial charge >= 0.3 is 6.03 Å². The lowest BCUT2D eigenvalue weighted by Gasteiger charge is -2.37. The van der Waals surface area contributed by atoms with Crippen molar-refractivity contribution >= 4 is 17.6 Å². The number of urea groups is 1. The smallest absolute Gasteiger partial charge is 0.324 e. The molecule has 2 heterocycles. The maximum absolute atomic E-state index is 12.8. The molecule has 1 aromatic rings. The molecule has 6 heteroatoms. The molecule has 0 unspecified atom stereocenters. The Kier molecular flexibility index (Phi) is 4.18. The summed E-state index contributed by atoms with van der Waals surface area (Å²) in [4.78, 5) is 28.0. The number of hydrogen-bond acceptors (Lipinski definition) is 3. The molecule has 1 N–H and O–H groups in total. The van der Waals surface area contributed by atoms with E-state index in [0.29, 0.717) is 26.2 Å². The number of amides is 3. The number of carbonyl (C=O) groups excluding carboxylic acids is 2. The molecule has 1 aromatic carbocycles. The molecule has 0 aromatic heterocycles. The van der Waals surface area contributed by atoms with Crippen molar-refractivity contribution in [1.82, 2.24) is 10.2 Å². The summed E-state index contributed by atoms with van der Waals surface area (Å²) in [6.07, 6.45) is 1.44. The Hall–Kier alpha value is -2.24. The minimum absolute atomic E-state index is 0.00565. The second-order valence-electron chi connectivity index (χ2n) is 5.63. The minimum Gasteiger partial charge on any atom is -0.490 e. The van der Waals surface area contributed by atoms with Crippen LogP contribution < -0.4 is 15.0 Å². The number of para-hydroxylation sites is 2. The number of carbonyl (C=O) groups is 2. The monoisotopic (exact) mass is 303 g/mol. The van der Waals surface area contributed by atoms with Gasteiger partial charge in [-0.1, -0.05) is 12.1 Å². The Balaban J connectivity index is 1.67. The summed E-state index contributed by atoms with van der Waals surface area (Å²) in [5, 5.41) is 2.69. The average molecular weight is 303 g/mol. The van der Waals surface area contributed by atoms with Gasteiger partial charge in [-0.25, -0.2) is 4.79 Å². The first kappa shape index (κ1) is 14.7. The molecule has 0 aliphatic carbocycles. The van der Waals surface area contributed by atoms with E-state index >= 15 is 0 Å². The van der Waals surface area contributed by atoms with Crippen LogP contribution in [0, 0.1) is 5.92 Å². The van der Waals surface area contributed by atoms with E-state index in [-0.39, 0.29) is 17.9 Å². The fourth-order valence-electron chi connectivity index (χ4n) is 3.08. The molecular weight excluding hydrogens is 282 g/mol. The largest absolute Gasteiger partial charge is 0.490 e. The fraction of sp³-hybridized carbons (Fsp3) is 0.500. The maximum atomic E-state index is 12.8. The summed E-state index contributed by atoms with van der Waals surface area (Å²) in [6.45, 7) is 2.32. The van der Waals surface area contributed by atoms with Crippen LogP contribution in [0.25, 0.3) is 0 Å². The molecule has 0 radical (unpaired) electrons. The molecule has 0 bridgehead atoms. The molecule has 1 fully saturated rings. The van der Waals surface area contributed by atoms with E-state index in [4.69, 9.17) is 4.74 Å². The Labute approximate surface area is 130 Å². The number of rotatable bonds is 1. The molecule has 22 heavy (non-hydrogen) atoms.